The van der Waals surface area contributed by atoms with Crippen molar-refractivity contribution in [2.75, 3.05) is 19.0 Å². The molecule has 2 aromatic carbocycles. The molecule has 0 aliphatic heterocycles. The molecule has 0 aliphatic carbocycles. The Morgan fingerprint density at radius 2 is 1.74 bits per heavy atom. The van der Waals surface area contributed by atoms with E-state index >= 15 is 0 Å². The van der Waals surface area contributed by atoms with Crippen LogP contribution in [0.4, 0.5) is 18.9 Å². The van der Waals surface area contributed by atoms with Crippen molar-refractivity contribution in [1.82, 2.24) is 4.72 Å². The number of alkyl halides is 3. The molecule has 6 nitrogen and oxygen atoms in total. The predicted octanol–water partition coefficient (Wildman–Crippen LogP) is 3.10. The molecule has 0 aliphatic rings. The first-order chi connectivity index (χ1) is 12.5. The van der Waals surface area contributed by atoms with Gasteiger partial charge >= 0.3 is 6.18 Å². The first-order valence-electron chi connectivity index (χ1n) is 7.64. The fourth-order valence-electron chi connectivity index (χ4n) is 2.14. The molecule has 2 aromatic rings. The molecule has 0 bridgehead atoms. The zero-order chi connectivity index (χ0) is 20.2. The van der Waals surface area contributed by atoms with Gasteiger partial charge in [-0.2, -0.15) is 13.2 Å². The van der Waals surface area contributed by atoms with E-state index in [2.05, 4.69) is 5.32 Å². The number of halogens is 3. The molecule has 0 atom stereocenters. The summed E-state index contributed by atoms with van der Waals surface area (Å²) in [7, 11) is -2.82. The first kappa shape index (κ1) is 20.7. The molecule has 27 heavy (non-hydrogen) atoms. The summed E-state index contributed by atoms with van der Waals surface area (Å²) in [6, 6.07) is 9.65. The number of rotatable bonds is 6. The van der Waals surface area contributed by atoms with Crippen LogP contribution in [0.25, 0.3) is 0 Å². The summed E-state index contributed by atoms with van der Waals surface area (Å²) in [6.07, 6.45) is -4.66. The number of benzene rings is 2. The molecule has 146 valence electrons. The number of ether oxygens (including phenoxy) is 1. The first-order valence-corrected chi connectivity index (χ1v) is 9.12. The van der Waals surface area contributed by atoms with Crippen molar-refractivity contribution >= 4 is 21.6 Å². The Hall–Kier alpha value is -2.59. The molecule has 0 heterocycles. The van der Waals surface area contributed by atoms with E-state index in [4.69, 9.17) is 4.74 Å². The maximum atomic E-state index is 12.3. The van der Waals surface area contributed by atoms with Crippen LogP contribution in [-0.2, 0) is 10.0 Å². The van der Waals surface area contributed by atoms with Crippen LogP contribution < -0.4 is 14.8 Å². The smallest absolute Gasteiger partial charge is 0.402 e. The van der Waals surface area contributed by atoms with Crippen LogP contribution in [0.2, 0.25) is 0 Å². The number of aryl methyl sites for hydroxylation is 1. The number of carbonyl (C=O) groups is 1. The van der Waals surface area contributed by atoms with Gasteiger partial charge in [0.2, 0.25) is 10.0 Å². The van der Waals surface area contributed by atoms with Gasteiger partial charge in [-0.1, -0.05) is 6.07 Å². The number of hydrogen-bond acceptors (Lipinski definition) is 4. The van der Waals surface area contributed by atoms with Crippen LogP contribution in [0.15, 0.2) is 47.4 Å². The Labute approximate surface area is 154 Å². The maximum absolute atomic E-state index is 12.3. The third kappa shape index (κ3) is 5.69. The van der Waals surface area contributed by atoms with Gasteiger partial charge in [0, 0.05) is 11.3 Å². The lowest BCUT2D eigenvalue weighted by Crippen LogP contribution is -2.33. The van der Waals surface area contributed by atoms with E-state index in [1.54, 1.807) is 18.2 Å². The van der Waals surface area contributed by atoms with Crippen LogP contribution in [0.3, 0.4) is 0 Å². The van der Waals surface area contributed by atoms with Crippen molar-refractivity contribution in [3.05, 3.63) is 53.6 Å². The second-order valence-electron chi connectivity index (χ2n) is 5.60. The maximum Gasteiger partial charge on any atom is 0.402 e. The van der Waals surface area contributed by atoms with Gasteiger partial charge in [-0.25, -0.2) is 13.1 Å². The van der Waals surface area contributed by atoms with Gasteiger partial charge in [0.25, 0.3) is 5.91 Å². The molecular formula is C17H17F3N2O4S. The van der Waals surface area contributed by atoms with Gasteiger partial charge in [-0.15, -0.1) is 0 Å². The van der Waals surface area contributed by atoms with Gasteiger partial charge in [0.05, 0.1) is 12.0 Å². The molecule has 2 N–H and O–H groups in total. The van der Waals surface area contributed by atoms with E-state index in [9.17, 15) is 26.4 Å². The Bertz CT molecular complexity index is 926. The molecular weight excluding hydrogens is 385 g/mol. The number of amides is 1. The lowest BCUT2D eigenvalue weighted by atomic mass is 10.1. The third-order valence-corrected chi connectivity index (χ3v) is 4.97. The standard InChI is InChI=1S/C17H17F3N2O4S/c1-11-3-4-12(9-15(11)26-2)16(23)22-13-5-7-14(8-6-13)27(24,25)21-10-17(18,19)20/h3-9,21H,10H2,1-2H3,(H,22,23). The average Bonchev–Trinajstić information content (AvgIpc) is 2.60. The summed E-state index contributed by atoms with van der Waals surface area (Å²) in [4.78, 5) is 11.9. The number of sulfonamides is 1. The topological polar surface area (TPSA) is 84.5 Å². The molecule has 0 radical (unpaired) electrons. The van der Waals surface area contributed by atoms with Crippen molar-refractivity contribution in [3.8, 4) is 5.75 Å². The Balaban J connectivity index is 2.10. The highest BCUT2D eigenvalue weighted by atomic mass is 32.2. The number of carbonyl (C=O) groups excluding carboxylic acids is 1. The van der Waals surface area contributed by atoms with Crippen molar-refractivity contribution in [2.24, 2.45) is 0 Å². The Morgan fingerprint density at radius 1 is 1.11 bits per heavy atom. The van der Waals surface area contributed by atoms with E-state index in [1.807, 2.05) is 6.92 Å². The summed E-state index contributed by atoms with van der Waals surface area (Å²) in [5.74, 6) is 0.0962. The van der Waals surface area contributed by atoms with Gasteiger partial charge < -0.3 is 10.1 Å². The molecule has 0 unspecified atom stereocenters. The molecule has 0 aromatic heterocycles. The van der Waals surface area contributed by atoms with Gasteiger partial charge in [-0.05, 0) is 48.9 Å². The van der Waals surface area contributed by atoms with E-state index in [0.29, 0.717) is 11.3 Å². The zero-order valence-electron chi connectivity index (χ0n) is 14.4. The van der Waals surface area contributed by atoms with E-state index < -0.39 is 28.7 Å². The molecule has 1 amide bonds. The minimum absolute atomic E-state index is 0.286. The minimum atomic E-state index is -4.66. The molecule has 0 spiro atoms. The number of hydrogen-bond donors (Lipinski definition) is 2. The van der Waals surface area contributed by atoms with Crippen LogP contribution in [0, 0.1) is 6.92 Å². The summed E-state index contributed by atoms with van der Waals surface area (Å²) < 4.78 is 66.8. The van der Waals surface area contributed by atoms with Crippen molar-refractivity contribution in [2.45, 2.75) is 18.0 Å². The van der Waals surface area contributed by atoms with Crippen LogP contribution in [0.1, 0.15) is 15.9 Å². The van der Waals surface area contributed by atoms with Crippen LogP contribution >= 0.6 is 0 Å². The number of nitrogens with one attached hydrogen (secondary N) is 2. The second-order valence-corrected chi connectivity index (χ2v) is 7.37. The zero-order valence-corrected chi connectivity index (χ0v) is 15.2. The molecule has 10 heteroatoms. The van der Waals surface area contributed by atoms with Crippen molar-refractivity contribution in [1.29, 1.82) is 0 Å². The Morgan fingerprint density at radius 3 is 2.30 bits per heavy atom. The lowest BCUT2D eigenvalue weighted by Gasteiger charge is -2.11. The highest BCUT2D eigenvalue weighted by Crippen LogP contribution is 2.21. The third-order valence-electron chi connectivity index (χ3n) is 3.56. The van der Waals surface area contributed by atoms with Gasteiger partial charge in [0.1, 0.15) is 12.3 Å². The van der Waals surface area contributed by atoms with Gasteiger partial charge in [0.15, 0.2) is 0 Å². The summed E-state index contributed by atoms with van der Waals surface area (Å²) in [6.45, 7) is 0.162. The Kier molecular flexibility index (Phi) is 6.11. The van der Waals surface area contributed by atoms with Gasteiger partial charge in [-0.3, -0.25) is 4.79 Å². The second kappa shape index (κ2) is 7.97. The molecule has 0 saturated carbocycles. The van der Waals surface area contributed by atoms with Crippen LogP contribution in [0.5, 0.6) is 5.75 Å². The summed E-state index contributed by atoms with van der Waals surface area (Å²) in [5.41, 5.74) is 1.48. The molecule has 0 fully saturated rings. The quantitative estimate of drug-likeness (QED) is 0.778. The highest BCUT2D eigenvalue weighted by molar-refractivity contribution is 7.89. The van der Waals surface area contributed by atoms with Crippen LogP contribution in [-0.4, -0.2) is 34.2 Å². The SMILES string of the molecule is COc1cc(C(=O)Nc2ccc(S(=O)(=O)NCC(F)(F)F)cc2)ccc1C. The number of methoxy groups -OCH3 is 1. The predicted molar refractivity (Wildman–Crippen MR) is 93.4 cm³/mol. The number of anilines is 1. The molecule has 0 saturated heterocycles. The molecule has 2 rings (SSSR count). The van der Waals surface area contributed by atoms with Crippen molar-refractivity contribution < 1.29 is 31.1 Å². The monoisotopic (exact) mass is 402 g/mol. The van der Waals surface area contributed by atoms with E-state index in [1.165, 1.54) is 24.0 Å². The van der Waals surface area contributed by atoms with Crippen molar-refractivity contribution in [3.63, 3.8) is 0 Å². The summed E-state index contributed by atoms with van der Waals surface area (Å²) >= 11 is 0. The average molecular weight is 402 g/mol. The van der Waals surface area contributed by atoms with E-state index in [-0.39, 0.29) is 10.6 Å². The normalized spacial score (nSPS) is 11.9. The highest BCUT2D eigenvalue weighted by Gasteiger charge is 2.30. The largest absolute Gasteiger partial charge is 0.496 e. The summed E-state index contributed by atoms with van der Waals surface area (Å²) in [5, 5.41) is 2.57. The fraction of sp³-hybridized carbons (Fsp3) is 0.235. The minimum Gasteiger partial charge on any atom is -0.496 e. The lowest BCUT2D eigenvalue weighted by molar-refractivity contribution is -0.121. The van der Waals surface area contributed by atoms with E-state index in [0.717, 1.165) is 17.7 Å². The fourth-order valence-corrected chi connectivity index (χ4v) is 3.16.